The molecule has 2 aromatic heterocycles. The van der Waals surface area contributed by atoms with Crippen molar-refractivity contribution < 1.29 is 9.90 Å². The Kier molecular flexibility index (Phi) is 16.5. The van der Waals surface area contributed by atoms with Gasteiger partial charge < -0.3 is 35.9 Å². The van der Waals surface area contributed by atoms with Gasteiger partial charge in [-0.05, 0) is 71.8 Å². The number of anilines is 1. The number of allylic oxidation sites excluding steroid dienone is 3. The molecule has 1 saturated heterocycles. The van der Waals surface area contributed by atoms with Crippen LogP contribution in [0.15, 0.2) is 40.1 Å². The number of H-pyrrole nitrogens is 2. The molecule has 250 valence electrons. The van der Waals surface area contributed by atoms with E-state index in [1.54, 1.807) is 0 Å². The molecule has 12 heteroatoms. The Hall–Kier alpha value is -3.58. The fraction of sp³-hybridized carbons (Fsp3) is 0.576. The zero-order chi connectivity index (χ0) is 33.4. The Bertz CT molecular complexity index is 1370. The number of aliphatic hydroxyl groups excluding tert-OH is 1. The molecule has 2 aromatic rings. The van der Waals surface area contributed by atoms with Crippen LogP contribution in [0.1, 0.15) is 73.8 Å². The van der Waals surface area contributed by atoms with Gasteiger partial charge in [0.1, 0.15) is 5.69 Å². The Balaban J connectivity index is 0.00000345. The lowest BCUT2D eigenvalue weighted by atomic mass is 10.0. The highest BCUT2D eigenvalue weighted by Crippen LogP contribution is 2.22. The summed E-state index contributed by atoms with van der Waals surface area (Å²) in [6, 6.07) is 2.64. The second kappa shape index (κ2) is 19.7. The summed E-state index contributed by atoms with van der Waals surface area (Å²) in [6.45, 7) is 11.8. The van der Waals surface area contributed by atoms with E-state index in [2.05, 4.69) is 74.9 Å². The number of carbonyl (C=O) groups is 1. The molecule has 0 radical (unpaired) electrons. The fourth-order valence-electron chi connectivity index (χ4n) is 5.63. The van der Waals surface area contributed by atoms with Crippen LogP contribution in [0.3, 0.4) is 0 Å². The first-order valence-corrected chi connectivity index (χ1v) is 16.0. The summed E-state index contributed by atoms with van der Waals surface area (Å²) in [5, 5.41) is 11.4. The number of aliphatic hydroxyl groups is 1. The third kappa shape index (κ3) is 11.1. The van der Waals surface area contributed by atoms with E-state index in [0.717, 1.165) is 55.6 Å². The SMILES string of the molecule is C/C=C\CC=Cc1cc(CN(C)CCC(CC)N2CCN(c3ncc(C(=O)NCCO)[nH]c3=O)CC2CC)c(=O)[nH]c1C.CN. The summed E-state index contributed by atoms with van der Waals surface area (Å²) in [7, 11) is 3.56. The predicted octanol–water partition coefficient (Wildman–Crippen LogP) is 2.24. The molecular weight excluding hydrogens is 572 g/mol. The lowest BCUT2D eigenvalue weighted by Crippen LogP contribution is -2.57. The van der Waals surface area contributed by atoms with Crippen LogP contribution in [-0.4, -0.2) is 101 Å². The molecule has 12 nitrogen and oxygen atoms in total. The van der Waals surface area contributed by atoms with E-state index in [1.807, 2.05) is 30.9 Å². The molecule has 1 aliphatic rings. The second-order valence-corrected chi connectivity index (χ2v) is 11.2. The molecule has 45 heavy (non-hydrogen) atoms. The number of hydrogen-bond donors (Lipinski definition) is 5. The molecule has 2 unspecified atom stereocenters. The zero-order valence-corrected chi connectivity index (χ0v) is 27.9. The minimum Gasteiger partial charge on any atom is -0.395 e. The van der Waals surface area contributed by atoms with Crippen molar-refractivity contribution in [1.82, 2.24) is 30.1 Å². The molecule has 3 heterocycles. The van der Waals surface area contributed by atoms with Crippen LogP contribution in [0.4, 0.5) is 5.82 Å². The highest BCUT2D eigenvalue weighted by Gasteiger charge is 2.32. The Morgan fingerprint density at radius 1 is 1.22 bits per heavy atom. The molecule has 0 saturated carbocycles. The molecule has 1 aliphatic heterocycles. The van der Waals surface area contributed by atoms with Gasteiger partial charge in [0.2, 0.25) is 0 Å². The summed E-state index contributed by atoms with van der Waals surface area (Å²) < 4.78 is 0. The molecule has 0 spiro atoms. The molecule has 3 rings (SSSR count). The number of aromatic amines is 2. The number of pyridine rings is 1. The van der Waals surface area contributed by atoms with Crippen LogP contribution >= 0.6 is 0 Å². The maximum absolute atomic E-state index is 12.8. The van der Waals surface area contributed by atoms with Gasteiger partial charge in [-0.15, -0.1) is 0 Å². The summed E-state index contributed by atoms with van der Waals surface area (Å²) in [5.74, 6) is -0.148. The second-order valence-electron chi connectivity index (χ2n) is 11.2. The maximum Gasteiger partial charge on any atom is 0.291 e. The third-order valence-corrected chi connectivity index (χ3v) is 8.09. The molecule has 6 N–H and O–H groups in total. The first-order valence-electron chi connectivity index (χ1n) is 16.0. The topological polar surface area (TPSA) is 164 Å². The standard InChI is InChI=1S/C32H49N7O4.CH5N/c1-6-9-10-11-12-24-19-25(30(41)35-23(24)4)21-37(5)15-13-26(7-2)39-17-16-38(22-27(39)8-3)29-32(43)36-28(20-34-29)31(42)33-14-18-40;1-2/h6,9,11-12,19-20,26-27,40H,7-8,10,13-18,21-22H2,1-5H3,(H,33,42)(H,35,41)(H,36,43);2H2,1H3/b9-6-,12-11?;. The smallest absolute Gasteiger partial charge is 0.291 e. The van der Waals surface area contributed by atoms with Gasteiger partial charge in [-0.3, -0.25) is 19.3 Å². The number of nitrogens with two attached hydrogens (primary N) is 1. The number of nitrogens with zero attached hydrogens (tertiary/aromatic N) is 4. The monoisotopic (exact) mass is 626 g/mol. The lowest BCUT2D eigenvalue weighted by Gasteiger charge is -2.45. The Morgan fingerprint density at radius 3 is 2.62 bits per heavy atom. The largest absolute Gasteiger partial charge is 0.395 e. The van der Waals surface area contributed by atoms with Crippen molar-refractivity contribution in [3.05, 3.63) is 73.7 Å². The zero-order valence-electron chi connectivity index (χ0n) is 27.9. The minimum atomic E-state index is -0.471. The highest BCUT2D eigenvalue weighted by atomic mass is 16.3. The summed E-state index contributed by atoms with van der Waals surface area (Å²) >= 11 is 0. The van der Waals surface area contributed by atoms with Crippen molar-refractivity contribution in [2.45, 2.75) is 72.0 Å². The van der Waals surface area contributed by atoms with Gasteiger partial charge in [0.25, 0.3) is 17.0 Å². The van der Waals surface area contributed by atoms with Crippen molar-refractivity contribution in [2.75, 3.05) is 58.3 Å². The van der Waals surface area contributed by atoms with E-state index in [9.17, 15) is 14.4 Å². The first kappa shape index (κ1) is 37.6. The van der Waals surface area contributed by atoms with Crippen molar-refractivity contribution in [1.29, 1.82) is 0 Å². The number of carbonyl (C=O) groups excluding carboxylic acids is 1. The Morgan fingerprint density at radius 2 is 1.98 bits per heavy atom. The summed E-state index contributed by atoms with van der Waals surface area (Å²) in [4.78, 5) is 54.4. The normalized spacial score (nSPS) is 16.3. The molecule has 1 fully saturated rings. The van der Waals surface area contributed by atoms with E-state index in [-0.39, 0.29) is 30.4 Å². The van der Waals surface area contributed by atoms with Crippen molar-refractivity contribution in [2.24, 2.45) is 5.73 Å². The average molecular weight is 627 g/mol. The number of aryl methyl sites for hydroxylation is 1. The molecule has 0 bridgehead atoms. The van der Waals surface area contributed by atoms with Crippen LogP contribution in [0, 0.1) is 6.92 Å². The average Bonchev–Trinajstić information content (AvgIpc) is 3.05. The van der Waals surface area contributed by atoms with Crippen molar-refractivity contribution in [3.8, 4) is 0 Å². The predicted molar refractivity (Wildman–Crippen MR) is 183 cm³/mol. The molecular formula is C33H54N8O4. The van der Waals surface area contributed by atoms with Crippen LogP contribution in [0.5, 0.6) is 0 Å². The van der Waals surface area contributed by atoms with E-state index in [0.29, 0.717) is 31.5 Å². The molecule has 0 aromatic carbocycles. The Labute approximate surface area is 267 Å². The number of aromatic nitrogens is 3. The van der Waals surface area contributed by atoms with Gasteiger partial charge in [0.15, 0.2) is 5.82 Å². The number of amides is 1. The number of piperazine rings is 1. The first-order chi connectivity index (χ1) is 21.7. The van der Waals surface area contributed by atoms with Gasteiger partial charge in [-0.2, -0.15) is 0 Å². The van der Waals surface area contributed by atoms with Gasteiger partial charge in [0.05, 0.1) is 12.8 Å². The van der Waals surface area contributed by atoms with Gasteiger partial charge in [-0.1, -0.05) is 38.2 Å². The van der Waals surface area contributed by atoms with Gasteiger partial charge in [0, 0.05) is 56.1 Å². The molecule has 2 atom stereocenters. The summed E-state index contributed by atoms with van der Waals surface area (Å²) in [5.41, 5.74) is 6.83. The van der Waals surface area contributed by atoms with E-state index >= 15 is 0 Å². The van der Waals surface area contributed by atoms with Crippen LogP contribution in [-0.2, 0) is 6.54 Å². The summed E-state index contributed by atoms with van der Waals surface area (Å²) in [6.07, 6.45) is 13.4. The van der Waals surface area contributed by atoms with E-state index in [4.69, 9.17) is 5.11 Å². The minimum absolute atomic E-state index is 0.0356. The number of rotatable bonds is 15. The van der Waals surface area contributed by atoms with E-state index < -0.39 is 11.5 Å². The fourth-order valence-corrected chi connectivity index (χ4v) is 5.63. The van der Waals surface area contributed by atoms with Gasteiger partial charge >= 0.3 is 0 Å². The van der Waals surface area contributed by atoms with Crippen LogP contribution < -0.4 is 27.1 Å². The van der Waals surface area contributed by atoms with Crippen molar-refractivity contribution >= 4 is 17.8 Å². The van der Waals surface area contributed by atoms with Crippen molar-refractivity contribution in [3.63, 3.8) is 0 Å². The molecule has 1 amide bonds. The quantitative estimate of drug-likeness (QED) is 0.187. The number of nitrogens with one attached hydrogen (secondary N) is 3. The van der Waals surface area contributed by atoms with E-state index in [1.165, 1.54) is 13.2 Å². The maximum atomic E-state index is 12.8. The third-order valence-electron chi connectivity index (χ3n) is 8.09. The number of hydrogen-bond acceptors (Lipinski definition) is 9. The molecule has 0 aliphatic carbocycles. The highest BCUT2D eigenvalue weighted by molar-refractivity contribution is 5.91. The van der Waals surface area contributed by atoms with Crippen LogP contribution in [0.25, 0.3) is 6.08 Å². The lowest BCUT2D eigenvalue weighted by molar-refractivity contribution is 0.0938. The van der Waals surface area contributed by atoms with Crippen LogP contribution in [0.2, 0.25) is 0 Å². The van der Waals surface area contributed by atoms with Gasteiger partial charge in [-0.25, -0.2) is 4.98 Å².